The molecule has 0 amide bonds. The topological polar surface area (TPSA) is 110 Å². The molecule has 156 valence electrons. The summed E-state index contributed by atoms with van der Waals surface area (Å²) < 4.78 is 59.6. The van der Waals surface area contributed by atoms with Gasteiger partial charge in [0.2, 0.25) is 10.0 Å². The SMILES string of the molecule is COc1ccc(N2CCCCS2(=O)=O)cc1S(=O)(=O)Nc1cccc(C(C)=O)c1. The van der Waals surface area contributed by atoms with Crippen molar-refractivity contribution < 1.29 is 26.4 Å². The second-order valence-electron chi connectivity index (χ2n) is 6.67. The summed E-state index contributed by atoms with van der Waals surface area (Å²) in [5.41, 5.74) is 0.851. The van der Waals surface area contributed by atoms with E-state index in [-0.39, 0.29) is 33.6 Å². The average Bonchev–Trinajstić information content (AvgIpc) is 2.67. The summed E-state index contributed by atoms with van der Waals surface area (Å²) in [6.45, 7) is 1.68. The molecular weight excluding hydrogens is 416 g/mol. The Hall–Kier alpha value is -2.59. The molecule has 2 aromatic carbocycles. The summed E-state index contributed by atoms with van der Waals surface area (Å²) in [5.74, 6) is -0.0867. The first-order valence-corrected chi connectivity index (χ1v) is 12.1. The minimum atomic E-state index is -4.10. The van der Waals surface area contributed by atoms with Crippen molar-refractivity contribution in [3.8, 4) is 5.75 Å². The summed E-state index contributed by atoms with van der Waals surface area (Å²) >= 11 is 0. The number of carbonyl (C=O) groups is 1. The van der Waals surface area contributed by atoms with Crippen LogP contribution in [0.4, 0.5) is 11.4 Å². The van der Waals surface area contributed by atoms with Crippen molar-refractivity contribution in [1.29, 1.82) is 0 Å². The van der Waals surface area contributed by atoms with Gasteiger partial charge in [-0.3, -0.25) is 13.8 Å². The predicted octanol–water partition coefficient (Wildman–Crippen LogP) is 2.63. The monoisotopic (exact) mass is 438 g/mol. The minimum Gasteiger partial charge on any atom is -0.495 e. The highest BCUT2D eigenvalue weighted by molar-refractivity contribution is 7.93. The Morgan fingerprint density at radius 2 is 1.90 bits per heavy atom. The molecule has 1 N–H and O–H groups in total. The maximum absolute atomic E-state index is 13.0. The molecule has 0 radical (unpaired) electrons. The lowest BCUT2D eigenvalue weighted by Crippen LogP contribution is -2.37. The molecule has 1 fully saturated rings. The van der Waals surface area contributed by atoms with Crippen LogP contribution in [0.15, 0.2) is 47.4 Å². The number of ketones is 1. The number of methoxy groups -OCH3 is 1. The molecule has 0 unspecified atom stereocenters. The molecule has 0 aliphatic carbocycles. The third kappa shape index (κ3) is 4.54. The van der Waals surface area contributed by atoms with Crippen molar-refractivity contribution in [2.75, 3.05) is 28.4 Å². The Balaban J connectivity index is 2.02. The van der Waals surface area contributed by atoms with E-state index >= 15 is 0 Å². The molecular formula is C19H22N2O6S2. The maximum Gasteiger partial charge on any atom is 0.265 e. The number of ether oxygens (including phenoxy) is 1. The van der Waals surface area contributed by atoms with Crippen LogP contribution in [-0.2, 0) is 20.0 Å². The minimum absolute atomic E-state index is 0.0250. The highest BCUT2D eigenvalue weighted by atomic mass is 32.2. The number of anilines is 2. The fourth-order valence-corrected chi connectivity index (χ4v) is 5.99. The first-order chi connectivity index (χ1) is 13.6. The normalized spacial score (nSPS) is 16.3. The zero-order valence-corrected chi connectivity index (χ0v) is 17.7. The highest BCUT2D eigenvalue weighted by Gasteiger charge is 2.28. The fraction of sp³-hybridized carbons (Fsp3) is 0.316. The van der Waals surface area contributed by atoms with Crippen LogP contribution in [0, 0.1) is 0 Å². The first-order valence-electron chi connectivity index (χ1n) is 8.96. The van der Waals surface area contributed by atoms with Crippen molar-refractivity contribution in [1.82, 2.24) is 0 Å². The van der Waals surface area contributed by atoms with Gasteiger partial charge in [-0.2, -0.15) is 0 Å². The second-order valence-corrected chi connectivity index (χ2v) is 10.3. The van der Waals surface area contributed by atoms with E-state index in [1.54, 1.807) is 12.1 Å². The molecule has 0 saturated carbocycles. The molecule has 1 saturated heterocycles. The summed E-state index contributed by atoms with van der Waals surface area (Å²) in [6, 6.07) is 10.4. The number of hydrogen-bond acceptors (Lipinski definition) is 6. The van der Waals surface area contributed by atoms with Gasteiger partial charge in [0.15, 0.2) is 5.78 Å². The molecule has 29 heavy (non-hydrogen) atoms. The first kappa shape index (κ1) is 21.1. The van der Waals surface area contributed by atoms with Crippen molar-refractivity contribution >= 4 is 37.2 Å². The zero-order valence-electron chi connectivity index (χ0n) is 16.1. The van der Waals surface area contributed by atoms with Gasteiger partial charge < -0.3 is 4.74 Å². The molecule has 8 nitrogen and oxygen atoms in total. The Morgan fingerprint density at radius 1 is 1.14 bits per heavy atom. The lowest BCUT2D eigenvalue weighted by Gasteiger charge is -2.28. The van der Waals surface area contributed by atoms with Crippen molar-refractivity contribution in [3.05, 3.63) is 48.0 Å². The van der Waals surface area contributed by atoms with Crippen LogP contribution in [0.25, 0.3) is 0 Å². The Kier molecular flexibility index (Phi) is 5.85. The van der Waals surface area contributed by atoms with Crippen molar-refractivity contribution in [3.63, 3.8) is 0 Å². The lowest BCUT2D eigenvalue weighted by atomic mass is 10.1. The van der Waals surface area contributed by atoms with Crippen LogP contribution in [0.1, 0.15) is 30.1 Å². The van der Waals surface area contributed by atoms with Gasteiger partial charge in [0.05, 0.1) is 18.6 Å². The summed E-state index contributed by atoms with van der Waals surface area (Å²) in [4.78, 5) is 11.4. The van der Waals surface area contributed by atoms with Gasteiger partial charge in [0.25, 0.3) is 10.0 Å². The molecule has 0 spiro atoms. The average molecular weight is 439 g/mol. The molecule has 2 aromatic rings. The van der Waals surface area contributed by atoms with Crippen LogP contribution >= 0.6 is 0 Å². The third-order valence-electron chi connectivity index (χ3n) is 4.60. The van der Waals surface area contributed by atoms with E-state index < -0.39 is 20.0 Å². The van der Waals surface area contributed by atoms with Crippen molar-refractivity contribution in [2.24, 2.45) is 0 Å². The van der Waals surface area contributed by atoms with E-state index in [0.717, 1.165) is 0 Å². The Labute approximate surface area is 170 Å². The smallest absolute Gasteiger partial charge is 0.265 e. The molecule has 10 heteroatoms. The Morgan fingerprint density at radius 3 is 2.55 bits per heavy atom. The van der Waals surface area contributed by atoms with Crippen LogP contribution in [0.3, 0.4) is 0 Å². The van der Waals surface area contributed by atoms with Gasteiger partial charge >= 0.3 is 0 Å². The van der Waals surface area contributed by atoms with Crippen LogP contribution < -0.4 is 13.8 Å². The van der Waals surface area contributed by atoms with E-state index in [4.69, 9.17) is 4.74 Å². The van der Waals surface area contributed by atoms with E-state index in [0.29, 0.717) is 24.9 Å². The Bertz CT molecular complexity index is 1140. The predicted molar refractivity (Wildman–Crippen MR) is 111 cm³/mol. The number of Topliss-reactive ketones (excluding diaryl/α,β-unsaturated/α-hetero) is 1. The van der Waals surface area contributed by atoms with Gasteiger partial charge in [0.1, 0.15) is 10.6 Å². The molecule has 0 bridgehead atoms. The molecule has 1 aliphatic rings. The van der Waals surface area contributed by atoms with Gasteiger partial charge in [-0.05, 0) is 50.1 Å². The van der Waals surface area contributed by atoms with Crippen LogP contribution in [-0.4, -0.2) is 42.0 Å². The summed E-state index contributed by atoms with van der Waals surface area (Å²) in [6.07, 6.45) is 1.28. The zero-order chi connectivity index (χ0) is 21.2. The number of benzene rings is 2. The molecule has 1 heterocycles. The number of nitrogens with zero attached hydrogens (tertiary/aromatic N) is 1. The fourth-order valence-electron chi connectivity index (χ4n) is 3.12. The highest BCUT2D eigenvalue weighted by Crippen LogP contribution is 2.32. The molecule has 0 atom stereocenters. The van der Waals surface area contributed by atoms with Crippen LogP contribution in [0.5, 0.6) is 5.75 Å². The number of sulfonamides is 2. The molecule has 0 aromatic heterocycles. The largest absolute Gasteiger partial charge is 0.495 e. The molecule has 3 rings (SSSR count). The van der Waals surface area contributed by atoms with Gasteiger partial charge in [0, 0.05) is 17.8 Å². The maximum atomic E-state index is 13.0. The number of hydrogen-bond donors (Lipinski definition) is 1. The number of nitrogens with one attached hydrogen (secondary N) is 1. The summed E-state index contributed by atoms with van der Waals surface area (Å²) in [5, 5.41) is 0. The number of rotatable bonds is 6. The van der Waals surface area contributed by atoms with Gasteiger partial charge in [-0.15, -0.1) is 0 Å². The second kappa shape index (κ2) is 8.03. The van der Waals surface area contributed by atoms with Crippen molar-refractivity contribution in [2.45, 2.75) is 24.7 Å². The van der Waals surface area contributed by atoms with E-state index in [2.05, 4.69) is 4.72 Å². The van der Waals surface area contributed by atoms with E-state index in [9.17, 15) is 21.6 Å². The summed E-state index contributed by atoms with van der Waals surface area (Å²) in [7, 11) is -6.26. The van der Waals surface area contributed by atoms with Gasteiger partial charge in [-0.1, -0.05) is 12.1 Å². The number of carbonyl (C=O) groups excluding carboxylic acids is 1. The van der Waals surface area contributed by atoms with E-state index in [1.807, 2.05) is 0 Å². The molecule has 1 aliphatic heterocycles. The standard InChI is InChI=1S/C19H22N2O6S2/c1-14(22)15-6-5-7-16(12-15)20-29(25,26)19-13-17(8-9-18(19)27-2)21-10-3-4-11-28(21,23)24/h5-9,12-13,20H,3-4,10-11H2,1-2H3. The van der Waals surface area contributed by atoms with Crippen LogP contribution in [0.2, 0.25) is 0 Å². The lowest BCUT2D eigenvalue weighted by molar-refractivity contribution is 0.101. The third-order valence-corrected chi connectivity index (χ3v) is 7.87. The van der Waals surface area contributed by atoms with Gasteiger partial charge in [-0.25, -0.2) is 16.8 Å². The van der Waals surface area contributed by atoms with E-state index in [1.165, 1.54) is 48.7 Å². The quantitative estimate of drug-likeness (QED) is 0.695.